The minimum Gasteiger partial charge on any atom is -0.280 e. The average Bonchev–Trinajstić information content (AvgIpc) is 2.70. The second kappa shape index (κ2) is 5.89. The number of halogens is 3. The van der Waals surface area contributed by atoms with E-state index in [2.05, 4.69) is 4.72 Å². The molecule has 0 aliphatic heterocycles. The van der Waals surface area contributed by atoms with E-state index in [1.54, 1.807) is 24.3 Å². The van der Waals surface area contributed by atoms with Crippen LogP contribution in [0.4, 0.5) is 5.69 Å². The molecule has 0 spiro atoms. The van der Waals surface area contributed by atoms with Gasteiger partial charge in [-0.15, -0.1) is 22.9 Å². The summed E-state index contributed by atoms with van der Waals surface area (Å²) in [5.41, 5.74) is 1.34. The molecule has 0 fully saturated rings. The van der Waals surface area contributed by atoms with Crippen molar-refractivity contribution in [3.8, 4) is 0 Å². The summed E-state index contributed by atoms with van der Waals surface area (Å²) in [5, 5.41) is 0. The molecule has 0 aliphatic rings. The number of anilines is 1. The van der Waals surface area contributed by atoms with Gasteiger partial charge >= 0.3 is 0 Å². The van der Waals surface area contributed by atoms with Gasteiger partial charge in [-0.2, -0.15) is 0 Å². The Labute approximate surface area is 130 Å². The van der Waals surface area contributed by atoms with Gasteiger partial charge in [0.25, 0.3) is 10.0 Å². The third kappa shape index (κ3) is 3.55. The number of hydrogen-bond donors (Lipinski definition) is 1. The van der Waals surface area contributed by atoms with E-state index in [0.29, 0.717) is 15.9 Å². The molecule has 0 atom stereocenters. The second-order valence-corrected chi connectivity index (χ2v) is 7.83. The molecule has 2 rings (SSSR count). The Kier molecular flexibility index (Phi) is 4.63. The van der Waals surface area contributed by atoms with Crippen LogP contribution >= 0.6 is 46.1 Å². The molecule has 2 aromatic rings. The molecule has 8 heteroatoms. The smallest absolute Gasteiger partial charge is 0.264 e. The molecular weight excluding hydrogens is 349 g/mol. The average molecular weight is 357 g/mol. The first-order valence-corrected chi connectivity index (χ1v) is 8.64. The molecule has 0 radical (unpaired) electrons. The van der Waals surface area contributed by atoms with Gasteiger partial charge in [0.1, 0.15) is 9.23 Å². The first-order valence-electron chi connectivity index (χ1n) is 5.05. The zero-order chi connectivity index (χ0) is 14.0. The first kappa shape index (κ1) is 14.9. The van der Waals surface area contributed by atoms with Crippen LogP contribution in [-0.4, -0.2) is 8.42 Å². The van der Waals surface area contributed by atoms with Crippen LogP contribution in [0, 0.1) is 0 Å². The molecule has 1 aromatic heterocycles. The van der Waals surface area contributed by atoms with Crippen molar-refractivity contribution in [3.63, 3.8) is 0 Å². The van der Waals surface area contributed by atoms with Crippen molar-refractivity contribution in [1.29, 1.82) is 0 Å². The van der Waals surface area contributed by atoms with Crippen molar-refractivity contribution in [3.05, 3.63) is 44.6 Å². The third-order valence-electron chi connectivity index (χ3n) is 2.28. The molecular formula is C11H8Cl3NO2S2. The molecule has 1 heterocycles. The van der Waals surface area contributed by atoms with Gasteiger partial charge in [-0.1, -0.05) is 35.3 Å². The molecule has 102 valence electrons. The van der Waals surface area contributed by atoms with E-state index in [9.17, 15) is 8.42 Å². The lowest BCUT2D eigenvalue weighted by Crippen LogP contribution is -2.12. The van der Waals surface area contributed by atoms with Crippen LogP contribution < -0.4 is 4.72 Å². The number of nitrogens with one attached hydrogen (secondary N) is 1. The van der Waals surface area contributed by atoms with Crippen molar-refractivity contribution in [2.75, 3.05) is 4.72 Å². The van der Waals surface area contributed by atoms with Crippen molar-refractivity contribution < 1.29 is 8.42 Å². The molecule has 0 amide bonds. The van der Waals surface area contributed by atoms with Gasteiger partial charge in [-0.3, -0.25) is 4.72 Å². The SMILES string of the molecule is O=S(=O)(Nc1ccc(CCl)cc1)c1cc(Cl)sc1Cl. The normalized spacial score (nSPS) is 11.5. The fourth-order valence-corrected chi connectivity index (χ4v) is 4.77. The summed E-state index contributed by atoms with van der Waals surface area (Å²) in [6, 6.07) is 8.08. The Morgan fingerprint density at radius 3 is 2.26 bits per heavy atom. The van der Waals surface area contributed by atoms with Gasteiger partial charge in [0.15, 0.2) is 0 Å². The lowest BCUT2D eigenvalue weighted by atomic mass is 10.2. The summed E-state index contributed by atoms with van der Waals surface area (Å²) in [6.07, 6.45) is 0. The molecule has 0 saturated carbocycles. The van der Waals surface area contributed by atoms with Gasteiger partial charge in [0.2, 0.25) is 0 Å². The molecule has 0 bridgehead atoms. The lowest BCUT2D eigenvalue weighted by Gasteiger charge is -2.07. The zero-order valence-corrected chi connectivity index (χ0v) is 13.3. The van der Waals surface area contributed by atoms with Crippen molar-refractivity contribution in [1.82, 2.24) is 0 Å². The fraction of sp³-hybridized carbons (Fsp3) is 0.0909. The Balaban J connectivity index is 2.28. The van der Waals surface area contributed by atoms with E-state index in [1.165, 1.54) is 6.07 Å². The summed E-state index contributed by atoms with van der Waals surface area (Å²) in [7, 11) is -3.73. The van der Waals surface area contributed by atoms with Gasteiger partial charge in [-0.05, 0) is 23.8 Å². The summed E-state index contributed by atoms with van der Waals surface area (Å²) in [4.78, 5) is -0.0226. The largest absolute Gasteiger partial charge is 0.280 e. The van der Waals surface area contributed by atoms with Crippen molar-refractivity contribution >= 4 is 61.9 Å². The van der Waals surface area contributed by atoms with Crippen LogP contribution in [-0.2, 0) is 15.9 Å². The molecule has 0 aliphatic carbocycles. The van der Waals surface area contributed by atoms with Crippen LogP contribution in [0.15, 0.2) is 35.2 Å². The fourth-order valence-electron chi connectivity index (χ4n) is 1.38. The number of hydrogen-bond acceptors (Lipinski definition) is 3. The zero-order valence-electron chi connectivity index (χ0n) is 9.36. The molecule has 1 N–H and O–H groups in total. The van der Waals surface area contributed by atoms with Crippen LogP contribution in [0.5, 0.6) is 0 Å². The predicted molar refractivity (Wildman–Crippen MR) is 81.1 cm³/mol. The summed E-state index contributed by atoms with van der Waals surface area (Å²) >= 11 is 18.3. The molecule has 0 saturated heterocycles. The number of alkyl halides is 1. The maximum Gasteiger partial charge on any atom is 0.264 e. The molecule has 19 heavy (non-hydrogen) atoms. The van der Waals surface area contributed by atoms with E-state index in [4.69, 9.17) is 34.8 Å². The third-order valence-corrected chi connectivity index (χ3v) is 5.72. The maximum absolute atomic E-state index is 12.1. The summed E-state index contributed by atoms with van der Waals surface area (Å²) in [6.45, 7) is 0. The van der Waals surface area contributed by atoms with E-state index >= 15 is 0 Å². The Morgan fingerprint density at radius 2 is 1.79 bits per heavy atom. The van der Waals surface area contributed by atoms with E-state index in [0.717, 1.165) is 16.9 Å². The lowest BCUT2D eigenvalue weighted by molar-refractivity contribution is 0.601. The Morgan fingerprint density at radius 1 is 1.16 bits per heavy atom. The van der Waals surface area contributed by atoms with Gasteiger partial charge < -0.3 is 0 Å². The number of sulfonamides is 1. The first-order chi connectivity index (χ1) is 8.92. The highest BCUT2D eigenvalue weighted by molar-refractivity contribution is 7.93. The Bertz CT molecular complexity index is 680. The van der Waals surface area contributed by atoms with Gasteiger partial charge in [0.05, 0.1) is 4.34 Å². The maximum atomic E-state index is 12.1. The van der Waals surface area contributed by atoms with Crippen molar-refractivity contribution in [2.45, 2.75) is 10.8 Å². The number of thiophene rings is 1. The van der Waals surface area contributed by atoms with Crippen LogP contribution in [0.25, 0.3) is 0 Å². The highest BCUT2D eigenvalue weighted by Gasteiger charge is 2.20. The quantitative estimate of drug-likeness (QED) is 0.814. The van der Waals surface area contributed by atoms with Gasteiger partial charge in [0, 0.05) is 11.6 Å². The van der Waals surface area contributed by atoms with Gasteiger partial charge in [-0.25, -0.2) is 8.42 Å². The number of benzene rings is 1. The molecule has 0 unspecified atom stereocenters. The number of rotatable bonds is 4. The van der Waals surface area contributed by atoms with E-state index in [1.807, 2.05) is 0 Å². The second-order valence-electron chi connectivity index (χ2n) is 3.62. The summed E-state index contributed by atoms with van der Waals surface area (Å²) in [5.74, 6) is 0.374. The van der Waals surface area contributed by atoms with Crippen LogP contribution in [0.1, 0.15) is 5.56 Å². The van der Waals surface area contributed by atoms with E-state index < -0.39 is 10.0 Å². The van der Waals surface area contributed by atoms with Crippen LogP contribution in [0.2, 0.25) is 8.67 Å². The predicted octanol–water partition coefficient (Wildman–Crippen LogP) is 4.59. The highest BCUT2D eigenvalue weighted by Crippen LogP contribution is 2.35. The minimum absolute atomic E-state index is 0.0226. The van der Waals surface area contributed by atoms with Crippen LogP contribution in [0.3, 0.4) is 0 Å². The summed E-state index contributed by atoms with van der Waals surface area (Å²) < 4.78 is 27.1. The minimum atomic E-state index is -3.73. The Hall–Kier alpha value is -0.460. The van der Waals surface area contributed by atoms with Crippen molar-refractivity contribution in [2.24, 2.45) is 0 Å². The highest BCUT2D eigenvalue weighted by atomic mass is 35.5. The monoisotopic (exact) mass is 355 g/mol. The molecule has 1 aromatic carbocycles. The molecule has 3 nitrogen and oxygen atoms in total. The standard InChI is InChI=1S/C11H8Cl3NO2S2/c12-6-7-1-3-8(4-2-7)15-19(16,17)9-5-10(13)18-11(9)14/h1-5,15H,6H2. The van der Waals surface area contributed by atoms with E-state index in [-0.39, 0.29) is 9.23 Å². The topological polar surface area (TPSA) is 46.2 Å².